The molecule has 1 fully saturated rings. The number of thiazole rings is 1. The summed E-state index contributed by atoms with van der Waals surface area (Å²) in [6.45, 7) is 2.34. The van der Waals surface area contributed by atoms with Crippen LogP contribution in [0.4, 0.5) is 0 Å². The average Bonchev–Trinajstić information content (AvgIpc) is 3.30. The molecule has 8 heteroatoms. The average molecular weight is 528 g/mol. The molecule has 1 aromatic heterocycles. The van der Waals surface area contributed by atoms with Gasteiger partial charge >= 0.3 is 0 Å². The minimum absolute atomic E-state index is 0.109. The number of nitrogens with one attached hydrogen (secondary N) is 2. The van der Waals surface area contributed by atoms with Gasteiger partial charge in [-0.1, -0.05) is 46.5 Å². The molecule has 0 saturated heterocycles. The van der Waals surface area contributed by atoms with Gasteiger partial charge in [0.05, 0.1) is 0 Å². The van der Waals surface area contributed by atoms with E-state index in [1.165, 1.54) is 16.9 Å². The molecule has 2 unspecified atom stereocenters. The summed E-state index contributed by atoms with van der Waals surface area (Å²) in [5.41, 5.74) is 2.15. The summed E-state index contributed by atoms with van der Waals surface area (Å²) in [7, 11) is 0. The van der Waals surface area contributed by atoms with Crippen molar-refractivity contribution in [3.05, 3.63) is 80.2 Å². The van der Waals surface area contributed by atoms with E-state index in [1.807, 2.05) is 43.3 Å². The quantitative estimate of drug-likeness (QED) is 0.438. The van der Waals surface area contributed by atoms with Crippen molar-refractivity contribution in [1.82, 2.24) is 15.6 Å². The molecule has 1 aliphatic carbocycles. The summed E-state index contributed by atoms with van der Waals surface area (Å²) in [6.07, 6.45) is 3.70. The van der Waals surface area contributed by atoms with E-state index < -0.39 is 0 Å². The van der Waals surface area contributed by atoms with Crippen molar-refractivity contribution >= 4 is 39.1 Å². The van der Waals surface area contributed by atoms with E-state index in [1.54, 1.807) is 17.5 Å². The van der Waals surface area contributed by atoms with Gasteiger partial charge in [0.2, 0.25) is 0 Å². The molecule has 0 spiro atoms. The van der Waals surface area contributed by atoms with E-state index in [0.29, 0.717) is 17.9 Å². The van der Waals surface area contributed by atoms with E-state index >= 15 is 0 Å². The molecule has 3 aromatic rings. The number of hydrogen-bond acceptors (Lipinski definition) is 5. The zero-order chi connectivity index (χ0) is 23.2. The van der Waals surface area contributed by atoms with Gasteiger partial charge in [-0.15, -0.1) is 11.3 Å². The predicted molar refractivity (Wildman–Crippen MR) is 133 cm³/mol. The second-order valence-electron chi connectivity index (χ2n) is 8.18. The number of amides is 2. The fraction of sp³-hybridized carbons (Fsp3) is 0.320. The van der Waals surface area contributed by atoms with Crippen LogP contribution in [0.15, 0.2) is 58.4 Å². The number of carbonyl (C=O) groups excluding carboxylic acids is 2. The van der Waals surface area contributed by atoms with Crippen LogP contribution >= 0.6 is 27.3 Å². The lowest BCUT2D eigenvalue weighted by atomic mass is 9.90. The molecule has 1 aliphatic rings. The summed E-state index contributed by atoms with van der Waals surface area (Å²) in [5.74, 6) is 0.425. The second-order valence-corrected chi connectivity index (χ2v) is 10.0. The first-order valence-electron chi connectivity index (χ1n) is 11.0. The Labute approximate surface area is 205 Å². The third-order valence-electron chi connectivity index (χ3n) is 5.67. The summed E-state index contributed by atoms with van der Waals surface area (Å²) in [5, 5.41) is 8.68. The number of halogens is 1. The minimum atomic E-state index is -0.220. The molecule has 4 rings (SSSR count). The van der Waals surface area contributed by atoms with Crippen molar-refractivity contribution in [3.8, 4) is 5.75 Å². The molecule has 2 amide bonds. The maximum absolute atomic E-state index is 12.9. The highest BCUT2D eigenvalue weighted by molar-refractivity contribution is 9.10. The Kier molecular flexibility index (Phi) is 7.77. The first-order valence-corrected chi connectivity index (χ1v) is 12.7. The number of benzene rings is 2. The Morgan fingerprint density at radius 2 is 1.64 bits per heavy atom. The lowest BCUT2D eigenvalue weighted by Gasteiger charge is -2.32. The number of aryl methyl sites for hydroxylation is 1. The smallest absolute Gasteiger partial charge is 0.271 e. The van der Waals surface area contributed by atoms with Crippen molar-refractivity contribution in [2.75, 3.05) is 0 Å². The number of aromatic nitrogens is 1. The van der Waals surface area contributed by atoms with Gasteiger partial charge in [-0.25, -0.2) is 4.98 Å². The highest BCUT2D eigenvalue weighted by Gasteiger charge is 2.29. The van der Waals surface area contributed by atoms with Gasteiger partial charge in [0.25, 0.3) is 11.8 Å². The topological polar surface area (TPSA) is 80.3 Å². The van der Waals surface area contributed by atoms with E-state index in [9.17, 15) is 9.59 Å². The van der Waals surface area contributed by atoms with Gasteiger partial charge < -0.3 is 15.4 Å². The normalized spacial score (nSPS) is 17.9. The van der Waals surface area contributed by atoms with Crippen LogP contribution in [0.1, 0.15) is 57.1 Å². The van der Waals surface area contributed by atoms with E-state index in [-0.39, 0.29) is 23.9 Å². The Bertz CT molecular complexity index is 1100. The number of nitrogens with zero attached hydrogens (tertiary/aromatic N) is 1. The molecule has 1 heterocycles. The monoisotopic (exact) mass is 527 g/mol. The molecule has 1 saturated carbocycles. The van der Waals surface area contributed by atoms with Crippen LogP contribution in [-0.2, 0) is 6.61 Å². The molecular weight excluding hydrogens is 502 g/mol. The molecule has 0 radical (unpaired) electrons. The van der Waals surface area contributed by atoms with Crippen LogP contribution < -0.4 is 15.4 Å². The summed E-state index contributed by atoms with van der Waals surface area (Å²) < 4.78 is 6.69. The van der Waals surface area contributed by atoms with Crippen molar-refractivity contribution in [2.24, 2.45) is 0 Å². The van der Waals surface area contributed by atoms with Crippen molar-refractivity contribution < 1.29 is 14.3 Å². The number of hydrogen-bond donors (Lipinski definition) is 2. The summed E-state index contributed by atoms with van der Waals surface area (Å²) in [6, 6.07) is 14.8. The molecule has 172 valence electrons. The zero-order valence-electron chi connectivity index (χ0n) is 18.3. The number of carbonyl (C=O) groups is 2. The highest BCUT2D eigenvalue weighted by Crippen LogP contribution is 2.21. The van der Waals surface area contributed by atoms with Crippen LogP contribution in [0.25, 0.3) is 0 Å². The molecule has 2 N–H and O–H groups in total. The third-order valence-corrected chi connectivity index (χ3v) is 7.02. The fourth-order valence-corrected chi connectivity index (χ4v) is 4.78. The van der Waals surface area contributed by atoms with Gasteiger partial charge in [0, 0.05) is 27.5 Å². The van der Waals surface area contributed by atoms with Gasteiger partial charge in [-0.2, -0.15) is 0 Å². The third kappa shape index (κ3) is 6.42. The van der Waals surface area contributed by atoms with Crippen molar-refractivity contribution in [2.45, 2.75) is 51.3 Å². The minimum Gasteiger partial charge on any atom is -0.486 e. The number of rotatable bonds is 7. The maximum atomic E-state index is 12.9. The predicted octanol–water partition coefficient (Wildman–Crippen LogP) is 5.26. The molecule has 33 heavy (non-hydrogen) atoms. The first-order chi connectivity index (χ1) is 16.0. The molecule has 2 atom stereocenters. The maximum Gasteiger partial charge on any atom is 0.271 e. The summed E-state index contributed by atoms with van der Waals surface area (Å²) >= 11 is 4.79. The lowest BCUT2D eigenvalue weighted by molar-refractivity contribution is 0.0860. The molecule has 6 nitrogen and oxygen atoms in total. The van der Waals surface area contributed by atoms with E-state index in [4.69, 9.17) is 4.74 Å². The molecule has 0 bridgehead atoms. The van der Waals surface area contributed by atoms with Gasteiger partial charge in [0.1, 0.15) is 23.1 Å². The van der Waals surface area contributed by atoms with E-state index in [0.717, 1.165) is 40.9 Å². The zero-order valence-corrected chi connectivity index (χ0v) is 20.7. The lowest BCUT2D eigenvalue weighted by Crippen LogP contribution is -2.53. The van der Waals surface area contributed by atoms with Crippen LogP contribution in [0.5, 0.6) is 5.75 Å². The second kappa shape index (κ2) is 10.9. The molecule has 2 aromatic carbocycles. The van der Waals surface area contributed by atoms with Crippen LogP contribution in [0, 0.1) is 6.92 Å². The van der Waals surface area contributed by atoms with Gasteiger partial charge in [-0.3, -0.25) is 9.59 Å². The first kappa shape index (κ1) is 23.4. The Morgan fingerprint density at radius 1 is 1.00 bits per heavy atom. The SMILES string of the molecule is Cc1ccc(OCc2nc(C(=O)NC3CCCCC3NC(=O)c3ccc(Br)cc3)cs2)cc1. The Morgan fingerprint density at radius 3 is 2.30 bits per heavy atom. The van der Waals surface area contributed by atoms with Gasteiger partial charge in [0.15, 0.2) is 0 Å². The van der Waals surface area contributed by atoms with Crippen LogP contribution in [0.3, 0.4) is 0 Å². The van der Waals surface area contributed by atoms with Crippen LogP contribution in [0.2, 0.25) is 0 Å². The van der Waals surface area contributed by atoms with Gasteiger partial charge in [-0.05, 0) is 56.2 Å². The largest absolute Gasteiger partial charge is 0.486 e. The number of ether oxygens (including phenoxy) is 1. The van der Waals surface area contributed by atoms with Crippen molar-refractivity contribution in [3.63, 3.8) is 0 Å². The summed E-state index contributed by atoms with van der Waals surface area (Å²) in [4.78, 5) is 30.0. The van der Waals surface area contributed by atoms with Crippen LogP contribution in [-0.4, -0.2) is 28.9 Å². The Balaban J connectivity index is 1.33. The molecular formula is C25H26BrN3O3S. The van der Waals surface area contributed by atoms with E-state index in [2.05, 4.69) is 31.5 Å². The molecule has 0 aliphatic heterocycles. The standard InChI is InChI=1S/C25H26BrN3O3S/c1-16-6-12-19(13-7-16)32-14-23-27-22(15-33-23)25(31)29-21-5-3-2-4-20(21)28-24(30)17-8-10-18(26)11-9-17/h6-13,15,20-21H,2-5,14H2,1H3,(H,28,30)(H,29,31). The Hall–Kier alpha value is -2.71. The highest BCUT2D eigenvalue weighted by atomic mass is 79.9. The fourth-order valence-electron chi connectivity index (χ4n) is 3.83. The van der Waals surface area contributed by atoms with Crippen molar-refractivity contribution in [1.29, 1.82) is 0 Å².